The fourth-order valence-electron chi connectivity index (χ4n) is 3.15. The van der Waals surface area contributed by atoms with Crippen LogP contribution in [0.15, 0.2) is 12.1 Å². The highest BCUT2D eigenvalue weighted by Crippen LogP contribution is 2.43. The summed E-state index contributed by atoms with van der Waals surface area (Å²) in [4.78, 5) is 12.8. The van der Waals surface area contributed by atoms with E-state index in [2.05, 4.69) is 35.6 Å². The van der Waals surface area contributed by atoms with Gasteiger partial charge in [0.1, 0.15) is 5.75 Å². The highest BCUT2D eigenvalue weighted by Gasteiger charge is 2.38. The van der Waals surface area contributed by atoms with E-state index in [0.717, 1.165) is 34.1 Å². The summed E-state index contributed by atoms with van der Waals surface area (Å²) >= 11 is 2.29. The van der Waals surface area contributed by atoms with Gasteiger partial charge in [-0.25, -0.2) is 0 Å². The Bertz CT molecular complexity index is 501. The molecule has 0 aromatic heterocycles. The van der Waals surface area contributed by atoms with Crippen LogP contribution in [0.3, 0.4) is 0 Å². The molecule has 2 nitrogen and oxygen atoms in total. The van der Waals surface area contributed by atoms with Crippen molar-refractivity contribution >= 4 is 28.4 Å². The Morgan fingerprint density at radius 1 is 1.33 bits per heavy atom. The molecular formula is C15H17IO2. The fourth-order valence-corrected chi connectivity index (χ4v) is 3.83. The van der Waals surface area contributed by atoms with Crippen LogP contribution in [0.1, 0.15) is 48.5 Å². The Balaban J connectivity index is 2.04. The molecule has 0 atom stereocenters. The Morgan fingerprint density at radius 3 is 2.78 bits per heavy atom. The molecule has 0 amide bonds. The van der Waals surface area contributed by atoms with Crippen LogP contribution < -0.4 is 4.74 Å². The van der Waals surface area contributed by atoms with Gasteiger partial charge in [-0.3, -0.25) is 4.79 Å². The number of hydrogen-bond donors (Lipinski definition) is 0. The van der Waals surface area contributed by atoms with Gasteiger partial charge >= 0.3 is 0 Å². The normalized spacial score (nSPS) is 20.6. The molecule has 1 aromatic carbocycles. The average molecular weight is 356 g/mol. The van der Waals surface area contributed by atoms with Gasteiger partial charge in [0, 0.05) is 15.4 Å². The summed E-state index contributed by atoms with van der Waals surface area (Å²) in [5.74, 6) is 1.14. The lowest BCUT2D eigenvalue weighted by Gasteiger charge is -2.23. The summed E-state index contributed by atoms with van der Waals surface area (Å²) in [5.41, 5.74) is 1.86. The number of fused-ring (bicyclic) bond motifs is 1. The van der Waals surface area contributed by atoms with Gasteiger partial charge in [0.05, 0.1) is 12.2 Å². The van der Waals surface area contributed by atoms with Crippen molar-refractivity contribution in [3.8, 4) is 5.75 Å². The van der Waals surface area contributed by atoms with E-state index in [0.29, 0.717) is 6.61 Å². The minimum Gasteiger partial charge on any atom is -0.492 e. The van der Waals surface area contributed by atoms with Gasteiger partial charge in [0.25, 0.3) is 0 Å². The smallest absolute Gasteiger partial charge is 0.172 e. The Labute approximate surface area is 121 Å². The van der Waals surface area contributed by atoms with Crippen molar-refractivity contribution in [1.82, 2.24) is 0 Å². The number of carbonyl (C=O) groups is 1. The zero-order valence-corrected chi connectivity index (χ0v) is 12.7. The third kappa shape index (κ3) is 1.96. The van der Waals surface area contributed by atoms with E-state index in [1.807, 2.05) is 6.07 Å². The SMILES string of the molecule is CC1(C(=O)c2cc(I)cc3c2OCC3)CCCC1. The molecule has 1 heterocycles. The fraction of sp³-hybridized carbons (Fsp3) is 0.533. The molecule has 0 unspecified atom stereocenters. The van der Waals surface area contributed by atoms with Crippen LogP contribution in [0.4, 0.5) is 0 Å². The standard InChI is InChI=1S/C15H17IO2/c1-15(5-2-3-6-15)14(17)12-9-11(16)8-10-4-7-18-13(10)12/h8-9H,2-7H2,1H3. The van der Waals surface area contributed by atoms with E-state index in [9.17, 15) is 4.79 Å². The second-order valence-electron chi connectivity index (χ2n) is 5.64. The first kappa shape index (κ1) is 12.5. The number of hydrogen-bond acceptors (Lipinski definition) is 2. The van der Waals surface area contributed by atoms with Gasteiger partial charge in [0.2, 0.25) is 0 Å². The summed E-state index contributed by atoms with van der Waals surface area (Å²) in [7, 11) is 0. The zero-order valence-electron chi connectivity index (χ0n) is 10.6. The van der Waals surface area contributed by atoms with Gasteiger partial charge in [-0.2, -0.15) is 0 Å². The van der Waals surface area contributed by atoms with E-state index in [1.54, 1.807) is 0 Å². The molecule has 2 aliphatic rings. The maximum Gasteiger partial charge on any atom is 0.172 e. The second-order valence-corrected chi connectivity index (χ2v) is 6.88. The van der Waals surface area contributed by atoms with Gasteiger partial charge in [0.15, 0.2) is 5.78 Å². The molecule has 1 fully saturated rings. The minimum atomic E-state index is -0.163. The number of carbonyl (C=O) groups excluding carboxylic acids is 1. The molecule has 1 aromatic rings. The number of Topliss-reactive ketones (excluding diaryl/α,β-unsaturated/α-hetero) is 1. The van der Waals surface area contributed by atoms with E-state index in [-0.39, 0.29) is 11.2 Å². The molecule has 0 bridgehead atoms. The van der Waals surface area contributed by atoms with Crippen molar-refractivity contribution in [2.24, 2.45) is 5.41 Å². The number of benzene rings is 1. The maximum atomic E-state index is 12.8. The summed E-state index contributed by atoms with van der Waals surface area (Å²) < 4.78 is 6.83. The summed E-state index contributed by atoms with van der Waals surface area (Å²) in [5, 5.41) is 0. The molecule has 1 aliphatic carbocycles. The predicted molar refractivity (Wildman–Crippen MR) is 79.3 cm³/mol. The molecule has 96 valence electrons. The van der Waals surface area contributed by atoms with Crippen molar-refractivity contribution < 1.29 is 9.53 Å². The first-order chi connectivity index (χ1) is 8.60. The zero-order chi connectivity index (χ0) is 12.8. The highest BCUT2D eigenvalue weighted by atomic mass is 127. The third-order valence-corrected chi connectivity index (χ3v) is 4.87. The first-order valence-corrected chi connectivity index (χ1v) is 7.68. The first-order valence-electron chi connectivity index (χ1n) is 6.60. The topological polar surface area (TPSA) is 26.3 Å². The second kappa shape index (κ2) is 4.51. The van der Waals surface area contributed by atoms with Crippen LogP contribution >= 0.6 is 22.6 Å². The van der Waals surface area contributed by atoms with Crippen molar-refractivity contribution in [3.05, 3.63) is 26.8 Å². The van der Waals surface area contributed by atoms with Crippen molar-refractivity contribution in [1.29, 1.82) is 0 Å². The van der Waals surface area contributed by atoms with Crippen LogP contribution in [0.2, 0.25) is 0 Å². The molecule has 18 heavy (non-hydrogen) atoms. The summed E-state index contributed by atoms with van der Waals surface area (Å²) in [6, 6.07) is 4.13. The lowest BCUT2D eigenvalue weighted by molar-refractivity contribution is 0.0820. The number of ketones is 1. The van der Waals surface area contributed by atoms with Gasteiger partial charge in [-0.1, -0.05) is 19.8 Å². The third-order valence-electron chi connectivity index (χ3n) is 4.25. The molecule has 3 heteroatoms. The van der Waals surface area contributed by atoms with Crippen molar-refractivity contribution in [3.63, 3.8) is 0 Å². The highest BCUT2D eigenvalue weighted by molar-refractivity contribution is 14.1. The lowest BCUT2D eigenvalue weighted by atomic mass is 9.80. The molecule has 1 saturated carbocycles. The van der Waals surface area contributed by atoms with Gasteiger partial charge < -0.3 is 4.74 Å². The Morgan fingerprint density at radius 2 is 2.06 bits per heavy atom. The predicted octanol–water partition coefficient (Wildman–Crippen LogP) is 3.99. The largest absolute Gasteiger partial charge is 0.492 e. The molecule has 0 spiro atoms. The van der Waals surface area contributed by atoms with E-state index < -0.39 is 0 Å². The van der Waals surface area contributed by atoms with Crippen molar-refractivity contribution in [2.75, 3.05) is 6.61 Å². The van der Waals surface area contributed by atoms with Gasteiger partial charge in [-0.05, 0) is 53.1 Å². The molecule has 1 aliphatic heterocycles. The number of halogens is 1. The van der Waals surface area contributed by atoms with Crippen LogP contribution in [-0.4, -0.2) is 12.4 Å². The Hall–Kier alpha value is -0.580. The lowest BCUT2D eigenvalue weighted by Crippen LogP contribution is -2.24. The molecular weight excluding hydrogens is 339 g/mol. The number of ether oxygens (including phenoxy) is 1. The molecule has 0 radical (unpaired) electrons. The van der Waals surface area contributed by atoms with E-state index >= 15 is 0 Å². The van der Waals surface area contributed by atoms with Crippen LogP contribution in [0.25, 0.3) is 0 Å². The van der Waals surface area contributed by atoms with Gasteiger partial charge in [-0.15, -0.1) is 0 Å². The average Bonchev–Trinajstić information content (AvgIpc) is 2.96. The number of rotatable bonds is 2. The quantitative estimate of drug-likeness (QED) is 0.592. The van der Waals surface area contributed by atoms with E-state index in [1.165, 1.54) is 18.4 Å². The Kier molecular flexibility index (Phi) is 3.12. The van der Waals surface area contributed by atoms with E-state index in [4.69, 9.17) is 4.74 Å². The summed E-state index contributed by atoms with van der Waals surface area (Å²) in [6.45, 7) is 2.83. The van der Waals surface area contributed by atoms with Crippen molar-refractivity contribution in [2.45, 2.75) is 39.0 Å². The minimum absolute atomic E-state index is 0.163. The monoisotopic (exact) mass is 356 g/mol. The molecule has 0 N–H and O–H groups in total. The molecule has 0 saturated heterocycles. The van der Waals surface area contributed by atoms with Crippen LogP contribution in [0, 0.1) is 8.99 Å². The van der Waals surface area contributed by atoms with Crippen LogP contribution in [0.5, 0.6) is 5.75 Å². The van der Waals surface area contributed by atoms with Crippen LogP contribution in [-0.2, 0) is 6.42 Å². The summed E-state index contributed by atoms with van der Waals surface area (Å²) in [6.07, 6.45) is 5.33. The maximum absolute atomic E-state index is 12.8. The molecule has 3 rings (SSSR count).